The Hall–Kier alpha value is -2.04. The first-order valence-corrected chi connectivity index (χ1v) is 6.74. The minimum Gasteiger partial charge on any atom is -0.496 e. The topological polar surface area (TPSA) is 75.6 Å². The van der Waals surface area contributed by atoms with Crippen LogP contribution in [-0.2, 0) is 16.0 Å². The maximum atomic E-state index is 11.6. The van der Waals surface area contributed by atoms with E-state index in [1.807, 2.05) is 24.3 Å². The van der Waals surface area contributed by atoms with Crippen molar-refractivity contribution < 1.29 is 19.4 Å². The van der Waals surface area contributed by atoms with Crippen LogP contribution in [0.2, 0.25) is 0 Å². The molecule has 0 fully saturated rings. The van der Waals surface area contributed by atoms with Crippen molar-refractivity contribution in [2.75, 3.05) is 13.7 Å². The van der Waals surface area contributed by atoms with Gasteiger partial charge in [-0.25, -0.2) is 0 Å². The van der Waals surface area contributed by atoms with Crippen molar-refractivity contribution in [2.24, 2.45) is 0 Å². The number of carboxylic acids is 1. The minimum atomic E-state index is -0.799. The Morgan fingerprint density at radius 1 is 1.20 bits per heavy atom. The Balaban J connectivity index is 2.21. The van der Waals surface area contributed by atoms with E-state index in [-0.39, 0.29) is 12.3 Å². The highest BCUT2D eigenvalue weighted by molar-refractivity contribution is 5.76. The fraction of sp³-hybridized carbons (Fsp3) is 0.467. The highest BCUT2D eigenvalue weighted by Gasteiger charge is 2.06. The zero-order valence-electron chi connectivity index (χ0n) is 11.7. The van der Waals surface area contributed by atoms with Gasteiger partial charge in [0.15, 0.2) is 0 Å². The van der Waals surface area contributed by atoms with Crippen molar-refractivity contribution in [3.05, 3.63) is 29.8 Å². The van der Waals surface area contributed by atoms with Crippen LogP contribution in [0.15, 0.2) is 24.3 Å². The summed E-state index contributed by atoms with van der Waals surface area (Å²) < 4.78 is 5.23. The summed E-state index contributed by atoms with van der Waals surface area (Å²) >= 11 is 0. The van der Waals surface area contributed by atoms with Gasteiger partial charge in [0.25, 0.3) is 0 Å². The average Bonchev–Trinajstić information content (AvgIpc) is 2.44. The molecule has 1 aromatic carbocycles. The molecule has 0 unspecified atom stereocenters. The normalized spacial score (nSPS) is 10.1. The van der Waals surface area contributed by atoms with Crippen LogP contribution in [0.4, 0.5) is 0 Å². The number of hydrogen-bond donors (Lipinski definition) is 2. The number of carboxylic acid groups (broad SMARTS) is 1. The lowest BCUT2D eigenvalue weighted by molar-refractivity contribution is -0.137. The van der Waals surface area contributed by atoms with Gasteiger partial charge < -0.3 is 15.2 Å². The molecule has 5 heteroatoms. The van der Waals surface area contributed by atoms with Crippen LogP contribution in [-0.4, -0.2) is 30.6 Å². The van der Waals surface area contributed by atoms with E-state index in [9.17, 15) is 9.59 Å². The number of aliphatic carboxylic acids is 1. The summed E-state index contributed by atoms with van der Waals surface area (Å²) in [6, 6.07) is 7.63. The maximum absolute atomic E-state index is 11.6. The predicted molar refractivity (Wildman–Crippen MR) is 75.8 cm³/mol. The van der Waals surface area contributed by atoms with Crippen LogP contribution >= 0.6 is 0 Å². The van der Waals surface area contributed by atoms with Gasteiger partial charge in [-0.15, -0.1) is 0 Å². The predicted octanol–water partition coefficient (Wildman–Crippen LogP) is 2.00. The number of carbonyl (C=O) groups is 2. The summed E-state index contributed by atoms with van der Waals surface area (Å²) in [5.74, 6) is -0.0273. The molecule has 0 aromatic heterocycles. The van der Waals surface area contributed by atoms with Gasteiger partial charge in [0, 0.05) is 19.4 Å². The molecule has 1 amide bonds. The molecule has 0 radical (unpaired) electrons. The molecule has 2 N–H and O–H groups in total. The lowest BCUT2D eigenvalue weighted by Gasteiger charge is -2.08. The number of carbonyl (C=O) groups excluding carboxylic acids is 1. The van der Waals surface area contributed by atoms with Crippen molar-refractivity contribution >= 4 is 11.9 Å². The molecule has 0 aliphatic heterocycles. The first-order chi connectivity index (χ1) is 9.63. The second-order valence-electron chi connectivity index (χ2n) is 4.51. The zero-order valence-corrected chi connectivity index (χ0v) is 11.7. The van der Waals surface area contributed by atoms with Gasteiger partial charge in [0.2, 0.25) is 5.91 Å². The quantitative estimate of drug-likeness (QED) is 0.678. The van der Waals surface area contributed by atoms with E-state index in [2.05, 4.69) is 5.32 Å². The van der Waals surface area contributed by atoms with E-state index >= 15 is 0 Å². The first-order valence-electron chi connectivity index (χ1n) is 6.74. The molecule has 1 rings (SSSR count). The van der Waals surface area contributed by atoms with Crippen LogP contribution < -0.4 is 10.1 Å². The van der Waals surface area contributed by atoms with Gasteiger partial charge in [0.1, 0.15) is 5.75 Å². The molecular formula is C15H21NO4. The van der Waals surface area contributed by atoms with Gasteiger partial charge in [-0.2, -0.15) is 0 Å². The standard InChI is InChI=1S/C15H21NO4/c1-20-13-7-3-2-6-12(13)9-10-14(17)16-11-5-4-8-15(18)19/h2-3,6-7H,4-5,8-11H2,1H3,(H,16,17)(H,18,19). The number of rotatable bonds is 9. The Bertz CT molecular complexity index is 445. The van der Waals surface area contributed by atoms with Gasteiger partial charge in [-0.1, -0.05) is 18.2 Å². The Labute approximate surface area is 118 Å². The van der Waals surface area contributed by atoms with Crippen molar-refractivity contribution in [1.29, 1.82) is 0 Å². The highest BCUT2D eigenvalue weighted by Crippen LogP contribution is 2.18. The molecule has 0 aliphatic rings. The third kappa shape index (κ3) is 6.22. The summed E-state index contributed by atoms with van der Waals surface area (Å²) in [6.45, 7) is 0.526. The van der Waals surface area contributed by atoms with E-state index < -0.39 is 5.97 Å². The fourth-order valence-corrected chi connectivity index (χ4v) is 1.88. The third-order valence-electron chi connectivity index (χ3n) is 2.95. The number of ether oxygens (including phenoxy) is 1. The van der Waals surface area contributed by atoms with E-state index in [0.29, 0.717) is 32.2 Å². The number of methoxy groups -OCH3 is 1. The molecule has 110 valence electrons. The molecule has 1 aromatic rings. The molecule has 20 heavy (non-hydrogen) atoms. The molecule has 0 bridgehead atoms. The molecule has 0 heterocycles. The van der Waals surface area contributed by atoms with E-state index in [0.717, 1.165) is 11.3 Å². The summed E-state index contributed by atoms with van der Waals surface area (Å²) in [6.07, 6.45) is 2.45. The number of nitrogens with one attached hydrogen (secondary N) is 1. The molecular weight excluding hydrogens is 258 g/mol. The van der Waals surface area contributed by atoms with Crippen LogP contribution in [0, 0.1) is 0 Å². The second kappa shape index (κ2) is 8.96. The molecule has 0 atom stereocenters. The van der Waals surface area contributed by atoms with Gasteiger partial charge >= 0.3 is 5.97 Å². The van der Waals surface area contributed by atoms with Crippen molar-refractivity contribution in [3.8, 4) is 5.75 Å². The van der Waals surface area contributed by atoms with Crippen LogP contribution in [0.1, 0.15) is 31.2 Å². The highest BCUT2D eigenvalue weighted by atomic mass is 16.5. The van der Waals surface area contributed by atoms with Crippen LogP contribution in [0.3, 0.4) is 0 Å². The summed E-state index contributed by atoms with van der Waals surface area (Å²) in [7, 11) is 1.61. The number of amides is 1. The Morgan fingerprint density at radius 2 is 1.95 bits per heavy atom. The fourth-order valence-electron chi connectivity index (χ4n) is 1.88. The number of aryl methyl sites for hydroxylation is 1. The van der Waals surface area contributed by atoms with E-state index in [4.69, 9.17) is 9.84 Å². The van der Waals surface area contributed by atoms with Crippen molar-refractivity contribution in [3.63, 3.8) is 0 Å². The van der Waals surface area contributed by atoms with Crippen LogP contribution in [0.5, 0.6) is 5.75 Å². The maximum Gasteiger partial charge on any atom is 0.303 e. The van der Waals surface area contributed by atoms with Crippen molar-refractivity contribution in [2.45, 2.75) is 32.1 Å². The number of unbranched alkanes of at least 4 members (excludes halogenated alkanes) is 1. The SMILES string of the molecule is COc1ccccc1CCC(=O)NCCCCC(=O)O. The van der Waals surface area contributed by atoms with Gasteiger partial charge in [-0.05, 0) is 30.9 Å². The summed E-state index contributed by atoms with van der Waals surface area (Å²) in [5, 5.41) is 11.3. The molecule has 5 nitrogen and oxygen atoms in total. The summed E-state index contributed by atoms with van der Waals surface area (Å²) in [4.78, 5) is 22.0. The largest absolute Gasteiger partial charge is 0.496 e. The lowest BCUT2D eigenvalue weighted by atomic mass is 10.1. The van der Waals surface area contributed by atoms with Gasteiger partial charge in [0.05, 0.1) is 7.11 Å². The Morgan fingerprint density at radius 3 is 2.65 bits per heavy atom. The smallest absolute Gasteiger partial charge is 0.303 e. The summed E-state index contributed by atoms with van der Waals surface area (Å²) in [5.41, 5.74) is 1.01. The monoisotopic (exact) mass is 279 g/mol. The lowest BCUT2D eigenvalue weighted by Crippen LogP contribution is -2.24. The van der Waals surface area contributed by atoms with E-state index in [1.165, 1.54) is 0 Å². The molecule has 0 saturated heterocycles. The number of benzene rings is 1. The van der Waals surface area contributed by atoms with Gasteiger partial charge in [-0.3, -0.25) is 9.59 Å². The van der Waals surface area contributed by atoms with Crippen LogP contribution in [0.25, 0.3) is 0 Å². The second-order valence-corrected chi connectivity index (χ2v) is 4.51. The molecule has 0 aliphatic carbocycles. The number of para-hydroxylation sites is 1. The third-order valence-corrected chi connectivity index (χ3v) is 2.95. The Kier molecular flexibility index (Phi) is 7.17. The van der Waals surface area contributed by atoms with Crippen molar-refractivity contribution in [1.82, 2.24) is 5.32 Å². The van der Waals surface area contributed by atoms with E-state index in [1.54, 1.807) is 7.11 Å². The minimum absolute atomic E-state index is 0.0220. The molecule has 0 spiro atoms. The first kappa shape index (κ1) is 16.0. The number of hydrogen-bond acceptors (Lipinski definition) is 3. The molecule has 0 saturated carbocycles. The average molecular weight is 279 g/mol. The zero-order chi connectivity index (χ0) is 14.8.